The van der Waals surface area contributed by atoms with E-state index in [1.165, 1.54) is 24.3 Å². The molecule has 0 saturated carbocycles. The summed E-state index contributed by atoms with van der Waals surface area (Å²) in [6, 6.07) is 7.21. The standard InChI is InChI=1S/C17H19N3O9S/c21-8-13-12(23)6-14(29-13)19-7-11(15(24)18-17(19)25)20(9-22)16(30(26,27)28)10-4-2-1-3-5-10/h1-5,7,9,12-14,16,21,23H,6,8H2,(H,18,24,25)(H,26,27,28)/t12-,13+,14+,16?/m0/s1. The van der Waals surface area contributed by atoms with Crippen LogP contribution in [-0.4, -0.2) is 58.0 Å². The highest BCUT2D eigenvalue weighted by Gasteiger charge is 2.37. The van der Waals surface area contributed by atoms with Crippen LogP contribution >= 0.6 is 0 Å². The molecule has 1 unspecified atom stereocenters. The average Bonchev–Trinajstić information content (AvgIpc) is 3.06. The Balaban J connectivity index is 2.12. The van der Waals surface area contributed by atoms with E-state index >= 15 is 0 Å². The summed E-state index contributed by atoms with van der Waals surface area (Å²) in [6.45, 7) is -0.512. The first kappa shape index (κ1) is 21.9. The van der Waals surface area contributed by atoms with E-state index in [1.54, 1.807) is 6.07 Å². The van der Waals surface area contributed by atoms with E-state index in [4.69, 9.17) is 4.74 Å². The lowest BCUT2D eigenvalue weighted by atomic mass is 10.2. The number of nitrogens with one attached hydrogen (secondary N) is 1. The SMILES string of the molecule is O=CN(c1cn([C@H]2C[C@H](O)[C@@H](CO)O2)c(=O)[nH]c1=O)C(c1ccccc1)S(=O)(=O)O. The van der Waals surface area contributed by atoms with Gasteiger partial charge in [0.15, 0.2) is 5.37 Å². The van der Waals surface area contributed by atoms with Gasteiger partial charge in [-0.2, -0.15) is 8.42 Å². The van der Waals surface area contributed by atoms with Gasteiger partial charge >= 0.3 is 5.69 Å². The zero-order valence-corrected chi connectivity index (χ0v) is 16.2. The molecule has 1 saturated heterocycles. The summed E-state index contributed by atoms with van der Waals surface area (Å²) >= 11 is 0. The first-order chi connectivity index (χ1) is 14.2. The molecule has 0 spiro atoms. The molecule has 0 bridgehead atoms. The van der Waals surface area contributed by atoms with Gasteiger partial charge in [-0.1, -0.05) is 30.3 Å². The maximum absolute atomic E-state index is 12.4. The Hall–Kier alpha value is -2.84. The summed E-state index contributed by atoms with van der Waals surface area (Å²) in [7, 11) is -4.91. The van der Waals surface area contributed by atoms with Crippen molar-refractivity contribution in [1.82, 2.24) is 9.55 Å². The highest BCUT2D eigenvalue weighted by Crippen LogP contribution is 2.30. The molecular weight excluding hydrogens is 422 g/mol. The van der Waals surface area contributed by atoms with E-state index in [2.05, 4.69) is 0 Å². The van der Waals surface area contributed by atoms with Crippen LogP contribution in [-0.2, 0) is 19.6 Å². The molecule has 162 valence electrons. The minimum atomic E-state index is -4.91. The lowest BCUT2D eigenvalue weighted by Gasteiger charge is -2.26. The molecule has 0 aliphatic carbocycles. The van der Waals surface area contributed by atoms with Gasteiger partial charge in [0.1, 0.15) is 18.0 Å². The highest BCUT2D eigenvalue weighted by atomic mass is 32.2. The van der Waals surface area contributed by atoms with E-state index in [0.29, 0.717) is 4.90 Å². The van der Waals surface area contributed by atoms with Crippen LogP contribution in [0.3, 0.4) is 0 Å². The Morgan fingerprint density at radius 1 is 1.30 bits per heavy atom. The minimum absolute atomic E-state index is 0.00265. The van der Waals surface area contributed by atoms with Gasteiger partial charge in [-0.3, -0.25) is 28.6 Å². The van der Waals surface area contributed by atoms with Crippen molar-refractivity contribution in [2.24, 2.45) is 0 Å². The number of H-pyrrole nitrogens is 1. The fraction of sp³-hybridized carbons (Fsp3) is 0.353. The Morgan fingerprint density at radius 3 is 2.50 bits per heavy atom. The number of carbonyl (C=O) groups is 1. The number of anilines is 1. The number of aliphatic hydroxyl groups excluding tert-OH is 2. The predicted molar refractivity (Wildman–Crippen MR) is 102 cm³/mol. The first-order valence-corrected chi connectivity index (χ1v) is 10.2. The minimum Gasteiger partial charge on any atom is -0.394 e. The number of hydrogen-bond donors (Lipinski definition) is 4. The van der Waals surface area contributed by atoms with E-state index in [1.807, 2.05) is 4.98 Å². The van der Waals surface area contributed by atoms with Gasteiger partial charge < -0.3 is 14.9 Å². The molecule has 1 aliphatic heterocycles. The van der Waals surface area contributed by atoms with Crippen LogP contribution in [0.5, 0.6) is 0 Å². The van der Waals surface area contributed by atoms with Gasteiger partial charge in [0, 0.05) is 12.6 Å². The molecule has 30 heavy (non-hydrogen) atoms. The van der Waals surface area contributed by atoms with Gasteiger partial charge in [-0.05, 0) is 5.56 Å². The van der Waals surface area contributed by atoms with Crippen molar-refractivity contribution in [3.63, 3.8) is 0 Å². The van der Waals surface area contributed by atoms with Crippen LogP contribution in [0.15, 0.2) is 46.1 Å². The predicted octanol–water partition coefficient (Wildman–Crippen LogP) is -1.27. The molecule has 1 amide bonds. The molecule has 0 radical (unpaired) electrons. The number of carbonyl (C=O) groups excluding carboxylic acids is 1. The second-order valence-electron chi connectivity index (χ2n) is 6.59. The van der Waals surface area contributed by atoms with Crippen LogP contribution in [0.25, 0.3) is 0 Å². The Labute approximate surface area is 169 Å². The normalized spacial score (nSPS) is 22.6. The Bertz CT molecular complexity index is 1130. The Morgan fingerprint density at radius 2 is 1.97 bits per heavy atom. The summed E-state index contributed by atoms with van der Waals surface area (Å²) in [5.41, 5.74) is -2.57. The maximum atomic E-state index is 12.4. The zero-order chi connectivity index (χ0) is 22.1. The molecule has 13 heteroatoms. The number of hydrogen-bond acceptors (Lipinski definition) is 8. The monoisotopic (exact) mass is 441 g/mol. The molecule has 3 rings (SSSR count). The Kier molecular flexibility index (Phi) is 6.19. The lowest BCUT2D eigenvalue weighted by molar-refractivity contribution is -0.107. The van der Waals surface area contributed by atoms with Gasteiger partial charge in [-0.25, -0.2) is 4.79 Å². The van der Waals surface area contributed by atoms with E-state index in [0.717, 1.165) is 10.8 Å². The van der Waals surface area contributed by atoms with Gasteiger partial charge in [-0.15, -0.1) is 0 Å². The molecule has 1 fully saturated rings. The van der Waals surface area contributed by atoms with Crippen LogP contribution in [0.4, 0.5) is 5.69 Å². The largest absolute Gasteiger partial charge is 0.394 e. The number of aliphatic hydroxyl groups is 2. The van der Waals surface area contributed by atoms with Crippen molar-refractivity contribution in [2.75, 3.05) is 11.5 Å². The van der Waals surface area contributed by atoms with Gasteiger partial charge in [0.2, 0.25) is 6.41 Å². The lowest BCUT2D eigenvalue weighted by Crippen LogP contribution is -2.40. The molecule has 1 aliphatic rings. The van der Waals surface area contributed by atoms with Crippen molar-refractivity contribution in [3.8, 4) is 0 Å². The topological polar surface area (TPSA) is 179 Å². The van der Waals surface area contributed by atoms with Crippen molar-refractivity contribution in [1.29, 1.82) is 0 Å². The van der Waals surface area contributed by atoms with E-state index in [-0.39, 0.29) is 18.4 Å². The third kappa shape index (κ3) is 4.20. The number of nitrogens with zero attached hydrogens (tertiary/aromatic N) is 2. The fourth-order valence-corrected chi connectivity index (χ4v) is 4.21. The van der Waals surface area contributed by atoms with Crippen LogP contribution in [0.2, 0.25) is 0 Å². The number of aromatic nitrogens is 2. The van der Waals surface area contributed by atoms with Crippen molar-refractivity contribution in [2.45, 2.75) is 30.2 Å². The molecule has 2 heterocycles. The first-order valence-electron chi connectivity index (χ1n) is 8.72. The molecule has 1 aromatic carbocycles. The molecule has 12 nitrogen and oxygen atoms in total. The molecule has 4 N–H and O–H groups in total. The number of ether oxygens (including phenoxy) is 1. The number of rotatable bonds is 7. The summed E-state index contributed by atoms with van der Waals surface area (Å²) < 4.78 is 40.0. The smallest absolute Gasteiger partial charge is 0.330 e. The van der Waals surface area contributed by atoms with Gasteiger partial charge in [0.05, 0.1) is 12.7 Å². The molecule has 2 aromatic rings. The average molecular weight is 441 g/mol. The van der Waals surface area contributed by atoms with Crippen LogP contribution < -0.4 is 16.1 Å². The maximum Gasteiger partial charge on any atom is 0.330 e. The van der Waals surface area contributed by atoms with Crippen molar-refractivity contribution >= 4 is 22.2 Å². The van der Waals surface area contributed by atoms with E-state index in [9.17, 15) is 37.6 Å². The van der Waals surface area contributed by atoms with E-state index < -0.39 is 57.5 Å². The number of benzene rings is 1. The zero-order valence-electron chi connectivity index (χ0n) is 15.4. The quantitative estimate of drug-likeness (QED) is 0.301. The second kappa shape index (κ2) is 8.49. The summed E-state index contributed by atoms with van der Waals surface area (Å²) in [4.78, 5) is 38.8. The van der Waals surface area contributed by atoms with Gasteiger partial charge in [0.25, 0.3) is 15.7 Å². The fourth-order valence-electron chi connectivity index (χ4n) is 3.25. The molecular formula is C17H19N3O9S. The molecule has 1 aromatic heterocycles. The van der Waals surface area contributed by atoms with Crippen molar-refractivity contribution in [3.05, 3.63) is 62.9 Å². The summed E-state index contributed by atoms with van der Waals surface area (Å²) in [5.74, 6) is 0. The third-order valence-electron chi connectivity index (χ3n) is 4.65. The number of amides is 1. The number of aromatic amines is 1. The van der Waals surface area contributed by atoms with Crippen molar-refractivity contribution < 1.29 is 32.7 Å². The van der Waals surface area contributed by atoms with Crippen LogP contribution in [0.1, 0.15) is 23.6 Å². The van der Waals surface area contributed by atoms with Crippen LogP contribution in [0, 0.1) is 0 Å². The summed E-state index contributed by atoms with van der Waals surface area (Å²) in [6.07, 6.45) is -2.30. The third-order valence-corrected chi connectivity index (χ3v) is 5.72. The second-order valence-corrected chi connectivity index (χ2v) is 8.06. The summed E-state index contributed by atoms with van der Waals surface area (Å²) in [5, 5.41) is 17.1. The highest BCUT2D eigenvalue weighted by molar-refractivity contribution is 7.86. The molecule has 4 atom stereocenters.